The lowest BCUT2D eigenvalue weighted by Gasteiger charge is -2.15. The number of aryl methyl sites for hydroxylation is 1. The summed E-state index contributed by atoms with van der Waals surface area (Å²) < 4.78 is 40.3. The molecule has 0 aliphatic heterocycles. The SMILES string of the molecule is Cc1ccccc1N=Nc1cc(CCO)c([N+](=O)[O-])c(N)c1C(F)(F)F. The lowest BCUT2D eigenvalue weighted by molar-refractivity contribution is -0.384. The van der Waals surface area contributed by atoms with Crippen molar-refractivity contribution in [3.05, 3.63) is 57.1 Å². The molecule has 0 aromatic heterocycles. The van der Waals surface area contributed by atoms with E-state index in [1.807, 2.05) is 0 Å². The highest BCUT2D eigenvalue weighted by molar-refractivity contribution is 5.75. The topological polar surface area (TPSA) is 114 Å². The monoisotopic (exact) mass is 368 g/mol. The molecule has 0 atom stereocenters. The Balaban J connectivity index is 2.71. The number of alkyl halides is 3. The standard InChI is InChI=1S/C16H15F3N4O3/c1-9-4-2-3-5-11(9)21-22-12-8-10(6-7-24)15(23(25)26)14(20)13(12)16(17,18)19/h2-5,8,24H,6-7,20H2,1H3. The Morgan fingerprint density at radius 3 is 2.38 bits per heavy atom. The van der Waals surface area contributed by atoms with E-state index >= 15 is 0 Å². The van der Waals surface area contributed by atoms with E-state index in [-0.39, 0.29) is 12.0 Å². The molecule has 138 valence electrons. The predicted octanol–water partition coefficient (Wildman–Crippen LogP) is 4.45. The molecule has 7 nitrogen and oxygen atoms in total. The Hall–Kier alpha value is -3.01. The predicted molar refractivity (Wildman–Crippen MR) is 88.7 cm³/mol. The third-order valence-corrected chi connectivity index (χ3v) is 3.62. The number of aliphatic hydroxyl groups excluding tert-OH is 1. The quantitative estimate of drug-likeness (QED) is 0.351. The third-order valence-electron chi connectivity index (χ3n) is 3.62. The first-order chi connectivity index (χ1) is 12.2. The first-order valence-electron chi connectivity index (χ1n) is 7.42. The zero-order valence-corrected chi connectivity index (χ0v) is 13.6. The molecule has 0 heterocycles. The van der Waals surface area contributed by atoms with E-state index in [0.29, 0.717) is 11.3 Å². The molecule has 0 bridgehead atoms. The number of halogens is 3. The summed E-state index contributed by atoms with van der Waals surface area (Å²) in [6.07, 6.45) is -5.21. The van der Waals surface area contributed by atoms with Crippen molar-refractivity contribution < 1.29 is 23.2 Å². The fourth-order valence-corrected chi connectivity index (χ4v) is 2.42. The van der Waals surface area contributed by atoms with Crippen molar-refractivity contribution >= 4 is 22.7 Å². The molecule has 26 heavy (non-hydrogen) atoms. The maximum atomic E-state index is 13.4. The number of benzene rings is 2. The van der Waals surface area contributed by atoms with Gasteiger partial charge in [0, 0.05) is 18.6 Å². The number of nitro groups is 1. The second-order valence-corrected chi connectivity index (χ2v) is 5.41. The summed E-state index contributed by atoms with van der Waals surface area (Å²) in [5, 5.41) is 27.6. The van der Waals surface area contributed by atoms with Gasteiger partial charge in [-0.1, -0.05) is 18.2 Å². The minimum absolute atomic E-state index is 0.151. The Bertz CT molecular complexity index is 867. The van der Waals surface area contributed by atoms with E-state index in [4.69, 9.17) is 10.8 Å². The fourth-order valence-electron chi connectivity index (χ4n) is 2.42. The van der Waals surface area contributed by atoms with Gasteiger partial charge in [-0.3, -0.25) is 10.1 Å². The lowest BCUT2D eigenvalue weighted by atomic mass is 10.0. The minimum Gasteiger partial charge on any atom is -0.396 e. The first-order valence-corrected chi connectivity index (χ1v) is 7.42. The first kappa shape index (κ1) is 19.3. The van der Waals surface area contributed by atoms with Crippen LogP contribution in [0.4, 0.5) is 35.9 Å². The number of nitrogens with zero attached hydrogens (tertiary/aromatic N) is 3. The Morgan fingerprint density at radius 2 is 1.85 bits per heavy atom. The zero-order valence-electron chi connectivity index (χ0n) is 13.6. The van der Waals surface area contributed by atoms with Crippen molar-refractivity contribution in [2.45, 2.75) is 19.5 Å². The summed E-state index contributed by atoms with van der Waals surface area (Å²) >= 11 is 0. The van der Waals surface area contributed by atoms with Crippen LogP contribution in [0.5, 0.6) is 0 Å². The molecule has 0 unspecified atom stereocenters. The van der Waals surface area contributed by atoms with Crippen LogP contribution in [0.25, 0.3) is 0 Å². The zero-order chi connectivity index (χ0) is 19.5. The highest BCUT2D eigenvalue weighted by atomic mass is 19.4. The normalized spacial score (nSPS) is 11.9. The molecule has 0 saturated heterocycles. The van der Waals surface area contributed by atoms with E-state index in [9.17, 15) is 23.3 Å². The van der Waals surface area contributed by atoms with Crippen LogP contribution in [-0.4, -0.2) is 16.6 Å². The van der Waals surface area contributed by atoms with Gasteiger partial charge >= 0.3 is 6.18 Å². The minimum atomic E-state index is -4.97. The number of nitrogens with two attached hydrogens (primary N) is 1. The second-order valence-electron chi connectivity index (χ2n) is 5.41. The molecule has 2 rings (SSSR count). The number of aliphatic hydroxyl groups is 1. The van der Waals surface area contributed by atoms with Crippen molar-refractivity contribution in [3.63, 3.8) is 0 Å². The van der Waals surface area contributed by atoms with Crippen LogP contribution in [-0.2, 0) is 12.6 Å². The summed E-state index contributed by atoms with van der Waals surface area (Å²) in [5.41, 5.74) is 2.33. The van der Waals surface area contributed by atoms with Crippen molar-refractivity contribution in [3.8, 4) is 0 Å². The highest BCUT2D eigenvalue weighted by Crippen LogP contribution is 2.46. The number of hydrogen-bond acceptors (Lipinski definition) is 6. The van der Waals surface area contributed by atoms with Crippen molar-refractivity contribution in [2.24, 2.45) is 10.2 Å². The molecule has 0 radical (unpaired) electrons. The van der Waals surface area contributed by atoms with E-state index in [0.717, 1.165) is 6.07 Å². The van der Waals surface area contributed by atoms with E-state index in [1.165, 1.54) is 0 Å². The van der Waals surface area contributed by atoms with Crippen LogP contribution in [0.2, 0.25) is 0 Å². The molecule has 2 aromatic carbocycles. The molecule has 2 aromatic rings. The highest BCUT2D eigenvalue weighted by Gasteiger charge is 2.40. The fraction of sp³-hybridized carbons (Fsp3) is 0.250. The van der Waals surface area contributed by atoms with E-state index < -0.39 is 40.3 Å². The van der Waals surface area contributed by atoms with Crippen molar-refractivity contribution in [1.29, 1.82) is 0 Å². The molecule has 0 amide bonds. The number of rotatable bonds is 5. The number of nitrogen functional groups attached to an aromatic ring is 1. The summed E-state index contributed by atoms with van der Waals surface area (Å²) in [6, 6.07) is 7.54. The molecule has 3 N–H and O–H groups in total. The molecule has 10 heteroatoms. The van der Waals surface area contributed by atoms with Crippen molar-refractivity contribution in [1.82, 2.24) is 0 Å². The van der Waals surface area contributed by atoms with Gasteiger partial charge in [0.05, 0.1) is 10.6 Å². The maximum Gasteiger partial charge on any atom is 0.420 e. The molecular weight excluding hydrogens is 353 g/mol. The van der Waals surface area contributed by atoms with Crippen LogP contribution < -0.4 is 5.73 Å². The van der Waals surface area contributed by atoms with Gasteiger partial charge in [0.15, 0.2) is 0 Å². The Labute approximate surface area is 146 Å². The lowest BCUT2D eigenvalue weighted by Crippen LogP contribution is -2.13. The largest absolute Gasteiger partial charge is 0.420 e. The number of nitro benzene ring substituents is 1. The summed E-state index contributed by atoms with van der Waals surface area (Å²) in [4.78, 5) is 10.2. The molecular formula is C16H15F3N4O3. The van der Waals surface area contributed by atoms with Gasteiger partial charge < -0.3 is 10.8 Å². The summed E-state index contributed by atoms with van der Waals surface area (Å²) in [5.74, 6) is 0. The van der Waals surface area contributed by atoms with Gasteiger partial charge in [-0.25, -0.2) is 0 Å². The molecule has 0 aliphatic rings. The number of azo groups is 1. The van der Waals surface area contributed by atoms with Gasteiger partial charge in [0.2, 0.25) is 0 Å². The second kappa shape index (κ2) is 7.48. The third kappa shape index (κ3) is 3.97. The summed E-state index contributed by atoms with van der Waals surface area (Å²) in [7, 11) is 0. The average Bonchev–Trinajstić information content (AvgIpc) is 2.52. The molecule has 0 aliphatic carbocycles. The van der Waals surface area contributed by atoms with Gasteiger partial charge in [-0.15, -0.1) is 5.11 Å². The van der Waals surface area contributed by atoms with Crippen LogP contribution >= 0.6 is 0 Å². The molecule has 0 fully saturated rings. The van der Waals surface area contributed by atoms with Gasteiger partial charge in [0.25, 0.3) is 5.69 Å². The van der Waals surface area contributed by atoms with Crippen LogP contribution in [0.15, 0.2) is 40.6 Å². The smallest absolute Gasteiger partial charge is 0.396 e. The van der Waals surface area contributed by atoms with Crippen LogP contribution in [0.3, 0.4) is 0 Å². The van der Waals surface area contributed by atoms with E-state index in [1.54, 1.807) is 31.2 Å². The van der Waals surface area contributed by atoms with Crippen LogP contribution in [0.1, 0.15) is 16.7 Å². The van der Waals surface area contributed by atoms with Crippen molar-refractivity contribution in [2.75, 3.05) is 12.3 Å². The van der Waals surface area contributed by atoms with Gasteiger partial charge in [-0.2, -0.15) is 18.3 Å². The molecule has 0 saturated carbocycles. The Morgan fingerprint density at radius 1 is 1.23 bits per heavy atom. The average molecular weight is 368 g/mol. The summed E-state index contributed by atoms with van der Waals surface area (Å²) in [6.45, 7) is 1.21. The maximum absolute atomic E-state index is 13.4. The van der Waals surface area contributed by atoms with Gasteiger partial charge in [0.1, 0.15) is 16.9 Å². The van der Waals surface area contributed by atoms with Gasteiger partial charge in [-0.05, 0) is 24.6 Å². The van der Waals surface area contributed by atoms with Crippen LogP contribution in [0, 0.1) is 17.0 Å². The molecule has 0 spiro atoms. The number of hydrogen-bond donors (Lipinski definition) is 2. The number of anilines is 1. The Kier molecular flexibility index (Phi) is 5.56. The van der Waals surface area contributed by atoms with E-state index in [2.05, 4.69) is 10.2 Å².